The van der Waals surface area contributed by atoms with Gasteiger partial charge in [-0.15, -0.1) is 0 Å². The third-order valence-electron chi connectivity index (χ3n) is 2.92. The van der Waals surface area contributed by atoms with Crippen molar-refractivity contribution in [1.29, 1.82) is 0 Å². The van der Waals surface area contributed by atoms with Crippen LogP contribution in [0.25, 0.3) is 0 Å². The van der Waals surface area contributed by atoms with Crippen LogP contribution < -0.4 is 0 Å². The van der Waals surface area contributed by atoms with Gasteiger partial charge in [0.25, 0.3) is 0 Å². The molecule has 1 heterocycles. The van der Waals surface area contributed by atoms with Crippen LogP contribution >= 0.6 is 15.9 Å². The fourth-order valence-electron chi connectivity index (χ4n) is 1.52. The number of hydrogen-bond donors (Lipinski definition) is 1. The average Bonchev–Trinajstić information content (AvgIpc) is 2.55. The van der Waals surface area contributed by atoms with E-state index in [0.717, 1.165) is 28.8 Å². The number of hydrogen-bond acceptors (Lipinski definition) is 3. The number of aryl methyl sites for hydroxylation is 2. The Hall–Kier alpha value is -0.390. The topological polar surface area (TPSA) is 41.3 Å². The van der Waals surface area contributed by atoms with Gasteiger partial charge in [0.05, 0.1) is 22.5 Å². The van der Waals surface area contributed by atoms with E-state index in [9.17, 15) is 0 Å². The minimum absolute atomic E-state index is 0.159. The van der Waals surface area contributed by atoms with E-state index in [1.165, 1.54) is 0 Å². The summed E-state index contributed by atoms with van der Waals surface area (Å²) in [5, 5.41) is 13.5. The summed E-state index contributed by atoms with van der Waals surface area (Å²) < 4.78 is 3.00. The zero-order chi connectivity index (χ0) is 12.3. The molecule has 1 rings (SSSR count). The summed E-state index contributed by atoms with van der Waals surface area (Å²) in [6, 6.07) is 0.159. The van der Waals surface area contributed by atoms with E-state index >= 15 is 0 Å². The van der Waals surface area contributed by atoms with Crippen molar-refractivity contribution >= 4 is 15.9 Å². The number of nitrogens with zero attached hydrogens (tertiary/aromatic N) is 3. The van der Waals surface area contributed by atoms with Gasteiger partial charge in [-0.3, -0.25) is 9.58 Å². The Labute approximate surface area is 105 Å². The van der Waals surface area contributed by atoms with Gasteiger partial charge in [0.2, 0.25) is 0 Å². The Morgan fingerprint density at radius 1 is 1.56 bits per heavy atom. The van der Waals surface area contributed by atoms with E-state index in [0.29, 0.717) is 0 Å². The third-order valence-corrected chi connectivity index (χ3v) is 3.83. The largest absolute Gasteiger partial charge is 0.395 e. The lowest BCUT2D eigenvalue weighted by atomic mass is 10.2. The minimum Gasteiger partial charge on any atom is -0.395 e. The molecule has 0 saturated heterocycles. The first-order valence-corrected chi connectivity index (χ1v) is 6.31. The van der Waals surface area contributed by atoms with Crippen LogP contribution in [0.4, 0.5) is 0 Å². The molecule has 0 aliphatic carbocycles. The van der Waals surface area contributed by atoms with Crippen LogP contribution in [0.2, 0.25) is 0 Å². The van der Waals surface area contributed by atoms with Crippen LogP contribution in [-0.4, -0.2) is 39.5 Å². The minimum atomic E-state index is 0.159. The Morgan fingerprint density at radius 2 is 2.19 bits per heavy atom. The van der Waals surface area contributed by atoms with Gasteiger partial charge in [0.15, 0.2) is 0 Å². The molecule has 0 aromatic carbocycles. The van der Waals surface area contributed by atoms with E-state index in [-0.39, 0.29) is 12.6 Å². The molecule has 92 valence electrons. The molecular formula is C11H20BrN3O. The Kier molecular flexibility index (Phi) is 4.95. The highest BCUT2D eigenvalue weighted by Crippen LogP contribution is 2.22. The normalized spacial score (nSPS) is 13.4. The molecule has 0 bridgehead atoms. The molecule has 0 aliphatic heterocycles. The third kappa shape index (κ3) is 2.84. The summed E-state index contributed by atoms with van der Waals surface area (Å²) in [4.78, 5) is 2.11. The average molecular weight is 290 g/mol. The van der Waals surface area contributed by atoms with E-state index in [1.54, 1.807) is 0 Å². The summed E-state index contributed by atoms with van der Waals surface area (Å²) in [5.41, 5.74) is 2.24. The summed E-state index contributed by atoms with van der Waals surface area (Å²) in [6.07, 6.45) is 0.924. The first-order chi connectivity index (χ1) is 7.51. The maximum absolute atomic E-state index is 9.10. The van der Waals surface area contributed by atoms with Crippen molar-refractivity contribution in [3.8, 4) is 0 Å². The molecule has 1 aromatic rings. The van der Waals surface area contributed by atoms with Crippen molar-refractivity contribution in [1.82, 2.24) is 14.7 Å². The molecule has 16 heavy (non-hydrogen) atoms. The molecule has 0 spiro atoms. The highest BCUT2D eigenvalue weighted by atomic mass is 79.9. The summed E-state index contributed by atoms with van der Waals surface area (Å²) >= 11 is 3.59. The number of rotatable bonds is 5. The Bertz CT molecular complexity index is 351. The standard InChI is InChI=1S/C11H20BrN3O/c1-5-9-11(12)10(15(4)13-9)6-14(3)8(2)7-16/h8,16H,5-7H2,1-4H3. The van der Waals surface area contributed by atoms with Crippen LogP contribution in [0.15, 0.2) is 4.47 Å². The van der Waals surface area contributed by atoms with Gasteiger partial charge in [-0.2, -0.15) is 5.10 Å². The lowest BCUT2D eigenvalue weighted by molar-refractivity contribution is 0.151. The van der Waals surface area contributed by atoms with Gasteiger partial charge in [0, 0.05) is 19.6 Å². The van der Waals surface area contributed by atoms with Crippen LogP contribution in [0, 0.1) is 0 Å². The summed E-state index contributed by atoms with van der Waals surface area (Å²) in [6.45, 7) is 5.06. The second-order valence-corrected chi connectivity index (χ2v) is 4.92. The fraction of sp³-hybridized carbons (Fsp3) is 0.727. The molecule has 1 atom stereocenters. The molecule has 0 aliphatic rings. The molecule has 4 nitrogen and oxygen atoms in total. The van der Waals surface area contributed by atoms with Crippen LogP contribution in [-0.2, 0) is 20.0 Å². The number of aliphatic hydroxyl groups excluding tert-OH is 1. The monoisotopic (exact) mass is 289 g/mol. The van der Waals surface area contributed by atoms with E-state index < -0.39 is 0 Å². The smallest absolute Gasteiger partial charge is 0.0767 e. The predicted octanol–water partition coefficient (Wildman–Crippen LogP) is 1.56. The Morgan fingerprint density at radius 3 is 2.62 bits per heavy atom. The summed E-state index contributed by atoms with van der Waals surface area (Å²) in [5.74, 6) is 0. The van der Waals surface area contributed by atoms with Crippen molar-refractivity contribution in [3.05, 3.63) is 15.9 Å². The van der Waals surface area contributed by atoms with Gasteiger partial charge in [0.1, 0.15) is 0 Å². The van der Waals surface area contributed by atoms with Crippen LogP contribution in [0.5, 0.6) is 0 Å². The number of aromatic nitrogens is 2. The predicted molar refractivity (Wildman–Crippen MR) is 68.3 cm³/mol. The van der Waals surface area contributed by atoms with Gasteiger partial charge < -0.3 is 5.11 Å². The molecule has 0 fully saturated rings. The number of halogens is 1. The molecule has 0 amide bonds. The molecule has 5 heteroatoms. The quantitative estimate of drug-likeness (QED) is 0.894. The number of likely N-dealkylation sites (N-methyl/N-ethyl adjacent to an activating group) is 1. The molecule has 1 N–H and O–H groups in total. The lowest BCUT2D eigenvalue weighted by Crippen LogP contribution is -2.32. The summed E-state index contributed by atoms with van der Waals surface area (Å²) in [7, 11) is 3.96. The fourth-order valence-corrected chi connectivity index (χ4v) is 2.26. The van der Waals surface area contributed by atoms with Gasteiger partial charge in [-0.05, 0) is 36.3 Å². The van der Waals surface area contributed by atoms with Crippen molar-refractivity contribution in [2.45, 2.75) is 32.9 Å². The second kappa shape index (κ2) is 5.80. The van der Waals surface area contributed by atoms with Gasteiger partial charge in [-0.1, -0.05) is 6.92 Å². The van der Waals surface area contributed by atoms with Gasteiger partial charge in [-0.25, -0.2) is 0 Å². The van der Waals surface area contributed by atoms with E-state index in [1.807, 2.05) is 25.7 Å². The number of aliphatic hydroxyl groups is 1. The maximum Gasteiger partial charge on any atom is 0.0767 e. The molecule has 1 unspecified atom stereocenters. The first kappa shape index (κ1) is 13.7. The Balaban J connectivity index is 2.84. The molecule has 0 radical (unpaired) electrons. The van der Waals surface area contributed by atoms with Crippen molar-refractivity contribution < 1.29 is 5.11 Å². The zero-order valence-corrected chi connectivity index (χ0v) is 12.0. The second-order valence-electron chi connectivity index (χ2n) is 4.13. The zero-order valence-electron chi connectivity index (χ0n) is 10.4. The molecule has 1 aromatic heterocycles. The van der Waals surface area contributed by atoms with Gasteiger partial charge >= 0.3 is 0 Å². The molecule has 0 saturated carbocycles. The van der Waals surface area contributed by atoms with Crippen molar-refractivity contribution in [3.63, 3.8) is 0 Å². The maximum atomic E-state index is 9.10. The van der Waals surface area contributed by atoms with E-state index in [2.05, 4.69) is 32.9 Å². The lowest BCUT2D eigenvalue weighted by Gasteiger charge is -2.22. The highest BCUT2D eigenvalue weighted by molar-refractivity contribution is 9.10. The highest BCUT2D eigenvalue weighted by Gasteiger charge is 2.16. The van der Waals surface area contributed by atoms with Crippen LogP contribution in [0.1, 0.15) is 25.2 Å². The SMILES string of the molecule is CCc1nn(C)c(CN(C)C(C)CO)c1Br. The van der Waals surface area contributed by atoms with Crippen LogP contribution in [0.3, 0.4) is 0 Å². The van der Waals surface area contributed by atoms with Crippen molar-refractivity contribution in [2.24, 2.45) is 7.05 Å². The van der Waals surface area contributed by atoms with Crippen molar-refractivity contribution in [2.75, 3.05) is 13.7 Å². The van der Waals surface area contributed by atoms with E-state index in [4.69, 9.17) is 5.11 Å². The molecular weight excluding hydrogens is 270 g/mol. The first-order valence-electron chi connectivity index (χ1n) is 5.52.